The van der Waals surface area contributed by atoms with Crippen molar-refractivity contribution in [2.45, 2.75) is 19.1 Å². The molecule has 0 bridgehead atoms. The molecule has 1 unspecified atom stereocenters. The first-order valence-electron chi connectivity index (χ1n) is 8.17. The third-order valence-corrected chi connectivity index (χ3v) is 6.72. The number of aliphatic carboxylic acids is 1. The lowest BCUT2D eigenvalue weighted by Crippen LogP contribution is -2.46. The normalized spacial score (nSPS) is 16.1. The Balaban J connectivity index is 1.75. The van der Waals surface area contributed by atoms with Gasteiger partial charge in [0.05, 0.1) is 38.4 Å². The highest BCUT2D eigenvalue weighted by atomic mass is 35.5. The van der Waals surface area contributed by atoms with Gasteiger partial charge in [0.15, 0.2) is 6.10 Å². The minimum atomic E-state index is -1.15. The third-order valence-electron chi connectivity index (χ3n) is 4.24. The van der Waals surface area contributed by atoms with E-state index in [1.54, 1.807) is 24.3 Å². The summed E-state index contributed by atoms with van der Waals surface area (Å²) in [5.74, 6) is -1.27. The van der Waals surface area contributed by atoms with Crippen LogP contribution in [0.15, 0.2) is 24.3 Å². The summed E-state index contributed by atoms with van der Waals surface area (Å²) < 4.78 is 6.30. The number of ether oxygens (including phenoxy) is 1. The smallest absolute Gasteiger partial charge is 0.307 e. The fraction of sp³-hybridized carbons (Fsp3) is 0.167. The van der Waals surface area contributed by atoms with Gasteiger partial charge in [-0.15, -0.1) is 11.3 Å². The molecule has 150 valence electrons. The van der Waals surface area contributed by atoms with Crippen LogP contribution < -0.4 is 9.64 Å². The van der Waals surface area contributed by atoms with Crippen LogP contribution in [0.3, 0.4) is 0 Å². The van der Waals surface area contributed by atoms with Crippen LogP contribution in [-0.2, 0) is 16.1 Å². The summed E-state index contributed by atoms with van der Waals surface area (Å²) >= 11 is 25.8. The molecule has 0 aliphatic carbocycles. The number of carbonyl (C=O) groups excluding carboxylic acids is 1. The quantitative estimate of drug-likeness (QED) is 0.475. The molecule has 2 heterocycles. The molecule has 1 N–H and O–H groups in total. The minimum absolute atomic E-state index is 0.0799. The first-order chi connectivity index (χ1) is 13.7. The zero-order chi connectivity index (χ0) is 20.9. The lowest BCUT2D eigenvalue weighted by molar-refractivity contribution is -0.142. The Morgan fingerprint density at radius 3 is 2.69 bits per heavy atom. The minimum Gasteiger partial charge on any atom is -0.481 e. The Labute approximate surface area is 188 Å². The summed E-state index contributed by atoms with van der Waals surface area (Å²) in [4.78, 5) is 30.0. The summed E-state index contributed by atoms with van der Waals surface area (Å²) in [7, 11) is 0. The van der Waals surface area contributed by atoms with E-state index in [0.717, 1.165) is 0 Å². The highest BCUT2D eigenvalue weighted by molar-refractivity contribution is 7.18. The van der Waals surface area contributed by atoms with E-state index >= 15 is 0 Å². The van der Waals surface area contributed by atoms with Crippen LogP contribution in [0.2, 0.25) is 20.1 Å². The number of carboxylic acids is 1. The van der Waals surface area contributed by atoms with Gasteiger partial charge in [-0.3, -0.25) is 14.5 Å². The van der Waals surface area contributed by atoms with Crippen LogP contribution in [0.25, 0.3) is 10.2 Å². The van der Waals surface area contributed by atoms with Crippen molar-refractivity contribution < 1.29 is 19.4 Å². The second-order valence-electron chi connectivity index (χ2n) is 6.18. The van der Waals surface area contributed by atoms with Crippen LogP contribution >= 0.6 is 57.7 Å². The number of anilines is 1. The molecule has 0 saturated heterocycles. The fourth-order valence-electron chi connectivity index (χ4n) is 2.97. The van der Waals surface area contributed by atoms with E-state index in [1.807, 2.05) is 0 Å². The molecule has 1 aliphatic heterocycles. The molecule has 0 fully saturated rings. The maximum Gasteiger partial charge on any atom is 0.307 e. The average Bonchev–Trinajstić information content (AvgIpc) is 3.06. The van der Waals surface area contributed by atoms with Crippen LogP contribution in [-0.4, -0.2) is 28.1 Å². The molecular weight excluding hydrogens is 482 g/mol. The average molecular weight is 492 g/mol. The van der Waals surface area contributed by atoms with Gasteiger partial charge in [-0.2, -0.15) is 0 Å². The molecule has 6 nitrogen and oxygen atoms in total. The van der Waals surface area contributed by atoms with E-state index < -0.39 is 24.4 Å². The second kappa shape index (κ2) is 7.81. The number of thiazole rings is 1. The largest absolute Gasteiger partial charge is 0.481 e. The topological polar surface area (TPSA) is 79.7 Å². The van der Waals surface area contributed by atoms with E-state index in [-0.39, 0.29) is 16.6 Å². The highest BCUT2D eigenvalue weighted by Gasteiger charge is 2.36. The van der Waals surface area contributed by atoms with Crippen molar-refractivity contribution in [3.8, 4) is 5.75 Å². The molecule has 1 aliphatic rings. The number of nitrogens with zero attached hydrogens (tertiary/aromatic N) is 2. The molecule has 0 saturated carbocycles. The van der Waals surface area contributed by atoms with Crippen LogP contribution in [0.4, 0.5) is 5.69 Å². The number of carboxylic acid groups (broad SMARTS) is 1. The monoisotopic (exact) mass is 490 g/mol. The number of hydrogen-bond acceptors (Lipinski definition) is 5. The standard InChI is InChI=1S/C18H10Cl4N2O4S/c19-7-1-2-10-9(3-7)24(18(27)11(28-10)5-14(25)26)6-13-23-17-12(29-13)4-8(20)15(21)16(17)22/h1-4,11H,5-6H2,(H,25,26). The van der Waals surface area contributed by atoms with Gasteiger partial charge in [0.2, 0.25) is 0 Å². The highest BCUT2D eigenvalue weighted by Crippen LogP contribution is 2.41. The van der Waals surface area contributed by atoms with Gasteiger partial charge in [0.25, 0.3) is 5.91 Å². The van der Waals surface area contributed by atoms with E-state index in [9.17, 15) is 9.59 Å². The van der Waals surface area contributed by atoms with Crippen LogP contribution in [0.5, 0.6) is 5.75 Å². The zero-order valence-electron chi connectivity index (χ0n) is 14.3. The molecular formula is C18H10Cl4N2O4S. The summed E-state index contributed by atoms with van der Waals surface area (Å²) in [6.45, 7) is 0.0799. The summed E-state index contributed by atoms with van der Waals surface area (Å²) in [5, 5.41) is 10.8. The third kappa shape index (κ3) is 3.85. The van der Waals surface area contributed by atoms with E-state index in [4.69, 9.17) is 56.2 Å². The number of carbonyl (C=O) groups is 2. The van der Waals surface area contributed by atoms with Gasteiger partial charge in [0, 0.05) is 5.02 Å². The maximum absolute atomic E-state index is 12.9. The van der Waals surface area contributed by atoms with Gasteiger partial charge < -0.3 is 9.84 Å². The van der Waals surface area contributed by atoms with Crippen molar-refractivity contribution in [3.05, 3.63) is 49.4 Å². The molecule has 0 spiro atoms. The molecule has 1 amide bonds. The van der Waals surface area contributed by atoms with Gasteiger partial charge in [-0.1, -0.05) is 46.4 Å². The molecule has 4 rings (SSSR count). The Hall–Kier alpha value is -1.77. The lowest BCUT2D eigenvalue weighted by atomic mass is 10.1. The van der Waals surface area contributed by atoms with Crippen molar-refractivity contribution in [2.24, 2.45) is 0 Å². The number of hydrogen-bond donors (Lipinski definition) is 1. The van der Waals surface area contributed by atoms with Gasteiger partial charge >= 0.3 is 5.97 Å². The Morgan fingerprint density at radius 1 is 1.21 bits per heavy atom. The molecule has 29 heavy (non-hydrogen) atoms. The predicted octanol–water partition coefficient (Wildman–Crippen LogP) is 5.68. The van der Waals surface area contributed by atoms with E-state index in [2.05, 4.69) is 4.98 Å². The fourth-order valence-corrected chi connectivity index (χ4v) is 4.91. The molecule has 1 aromatic heterocycles. The number of amides is 1. The number of halogens is 4. The SMILES string of the molecule is O=C(O)CC1Oc2ccc(Cl)cc2N(Cc2nc3c(Cl)c(Cl)c(Cl)cc3s2)C1=O. The lowest BCUT2D eigenvalue weighted by Gasteiger charge is -2.33. The van der Waals surface area contributed by atoms with E-state index in [0.29, 0.717) is 36.7 Å². The predicted molar refractivity (Wildman–Crippen MR) is 114 cm³/mol. The van der Waals surface area contributed by atoms with Crippen molar-refractivity contribution in [1.82, 2.24) is 4.98 Å². The molecule has 11 heteroatoms. The van der Waals surface area contributed by atoms with Gasteiger partial charge in [-0.05, 0) is 24.3 Å². The van der Waals surface area contributed by atoms with Crippen LogP contribution in [0.1, 0.15) is 11.4 Å². The number of fused-ring (bicyclic) bond motifs is 2. The number of aromatic nitrogens is 1. The van der Waals surface area contributed by atoms with Crippen LogP contribution in [0, 0.1) is 0 Å². The van der Waals surface area contributed by atoms with Crippen molar-refractivity contribution >= 4 is 85.5 Å². The Kier molecular flexibility index (Phi) is 5.52. The summed E-state index contributed by atoms with van der Waals surface area (Å²) in [6.07, 6.45) is -1.61. The summed E-state index contributed by atoms with van der Waals surface area (Å²) in [5.41, 5.74) is 0.917. The second-order valence-corrected chi connectivity index (χ2v) is 8.90. The van der Waals surface area contributed by atoms with Crippen molar-refractivity contribution in [3.63, 3.8) is 0 Å². The van der Waals surface area contributed by atoms with Gasteiger partial charge in [-0.25, -0.2) is 4.98 Å². The molecule has 1 atom stereocenters. The first kappa shape index (κ1) is 20.5. The number of rotatable bonds is 4. The van der Waals surface area contributed by atoms with Gasteiger partial charge in [0.1, 0.15) is 16.3 Å². The Bertz CT molecular complexity index is 1170. The first-order valence-corrected chi connectivity index (χ1v) is 10.5. The van der Waals surface area contributed by atoms with Crippen molar-refractivity contribution in [2.75, 3.05) is 4.90 Å². The molecule has 3 aromatic rings. The zero-order valence-corrected chi connectivity index (χ0v) is 18.1. The molecule has 2 aromatic carbocycles. The number of benzene rings is 2. The summed E-state index contributed by atoms with van der Waals surface area (Å²) in [6, 6.07) is 6.44. The maximum atomic E-state index is 12.9. The van der Waals surface area contributed by atoms with Crippen molar-refractivity contribution in [1.29, 1.82) is 0 Å². The Morgan fingerprint density at radius 2 is 1.97 bits per heavy atom. The van der Waals surface area contributed by atoms with E-state index in [1.165, 1.54) is 16.2 Å². The molecule has 0 radical (unpaired) electrons.